The van der Waals surface area contributed by atoms with Gasteiger partial charge in [-0.05, 0) is 55.7 Å². The van der Waals surface area contributed by atoms with E-state index in [1.165, 1.54) is 51.3 Å². The number of benzene rings is 1. The highest BCUT2D eigenvalue weighted by molar-refractivity contribution is 5.88. The molecule has 1 aromatic carbocycles. The largest absolute Gasteiger partial charge is 0.357 e. The molecule has 5 nitrogen and oxygen atoms in total. The molecular formula is C21H32N4O. The molecule has 2 fully saturated rings. The Hall–Kier alpha value is -2.04. The number of hydrogen-bond donors (Lipinski definition) is 2. The zero-order valence-corrected chi connectivity index (χ0v) is 16.1. The Kier molecular flexibility index (Phi) is 6.53. The van der Waals surface area contributed by atoms with Gasteiger partial charge in [-0.3, -0.25) is 9.79 Å². The molecule has 5 heteroatoms. The molecule has 26 heavy (non-hydrogen) atoms. The molecule has 1 aliphatic carbocycles. The van der Waals surface area contributed by atoms with Crippen LogP contribution in [0.4, 0.5) is 5.69 Å². The summed E-state index contributed by atoms with van der Waals surface area (Å²) in [5.74, 6) is 2.78. The van der Waals surface area contributed by atoms with Crippen molar-refractivity contribution in [2.45, 2.75) is 46.0 Å². The Morgan fingerprint density at radius 3 is 2.38 bits per heavy atom. The summed E-state index contributed by atoms with van der Waals surface area (Å²) in [4.78, 5) is 18.4. The van der Waals surface area contributed by atoms with Gasteiger partial charge in [-0.2, -0.15) is 0 Å². The molecule has 142 valence electrons. The number of fused-ring (bicyclic) bond motifs is 1. The topological polar surface area (TPSA) is 56.7 Å². The molecule has 1 heterocycles. The molecular weight excluding hydrogens is 324 g/mol. The molecule has 1 saturated heterocycles. The highest BCUT2D eigenvalue weighted by Gasteiger charge is 2.35. The van der Waals surface area contributed by atoms with Crippen LogP contribution >= 0.6 is 0 Å². The Morgan fingerprint density at radius 1 is 1.15 bits per heavy atom. The molecule has 0 spiro atoms. The number of guanidine groups is 1. The van der Waals surface area contributed by atoms with Crippen LogP contribution in [0.3, 0.4) is 0 Å². The number of nitrogens with one attached hydrogen (secondary N) is 2. The van der Waals surface area contributed by atoms with Gasteiger partial charge in [0.1, 0.15) is 0 Å². The first-order valence-corrected chi connectivity index (χ1v) is 10.1. The minimum atomic E-state index is -0.0381. The number of likely N-dealkylation sites (tertiary alicyclic amines) is 1. The fraction of sp³-hybridized carbons (Fsp3) is 0.619. The molecule has 0 aromatic heterocycles. The van der Waals surface area contributed by atoms with Crippen molar-refractivity contribution < 1.29 is 4.79 Å². The summed E-state index contributed by atoms with van der Waals surface area (Å²) < 4.78 is 0. The molecule has 2 atom stereocenters. The number of aliphatic imine (C=N–C) groups is 1. The predicted molar refractivity (Wildman–Crippen MR) is 107 cm³/mol. The molecule has 2 aliphatic rings. The fourth-order valence-corrected chi connectivity index (χ4v) is 4.25. The minimum Gasteiger partial charge on any atom is -0.357 e. The van der Waals surface area contributed by atoms with E-state index in [2.05, 4.69) is 34.6 Å². The van der Waals surface area contributed by atoms with Crippen molar-refractivity contribution in [3.8, 4) is 0 Å². The van der Waals surface area contributed by atoms with Crippen molar-refractivity contribution in [2.24, 2.45) is 16.8 Å². The second-order valence-electron chi connectivity index (χ2n) is 7.57. The number of hydrogen-bond acceptors (Lipinski definition) is 2. The monoisotopic (exact) mass is 356 g/mol. The second-order valence-corrected chi connectivity index (χ2v) is 7.57. The lowest BCUT2D eigenvalue weighted by molar-refractivity contribution is -0.114. The molecule has 0 bridgehead atoms. The van der Waals surface area contributed by atoms with E-state index in [1.54, 1.807) is 0 Å². The van der Waals surface area contributed by atoms with E-state index in [9.17, 15) is 4.79 Å². The SMILES string of the molecule is CCNC(=NCCc1ccc(NC(C)=O)cc1)N1CC2CCCCC2C1. The van der Waals surface area contributed by atoms with Gasteiger partial charge in [-0.25, -0.2) is 0 Å². The van der Waals surface area contributed by atoms with Crippen molar-refractivity contribution >= 4 is 17.6 Å². The highest BCUT2D eigenvalue weighted by atomic mass is 16.1. The van der Waals surface area contributed by atoms with Gasteiger partial charge in [-0.15, -0.1) is 0 Å². The fourth-order valence-electron chi connectivity index (χ4n) is 4.25. The van der Waals surface area contributed by atoms with Crippen LogP contribution in [-0.2, 0) is 11.2 Å². The van der Waals surface area contributed by atoms with E-state index in [0.717, 1.165) is 43.0 Å². The third kappa shape index (κ3) is 4.99. The number of nitrogens with zero attached hydrogens (tertiary/aromatic N) is 2. The lowest BCUT2D eigenvalue weighted by atomic mass is 9.82. The van der Waals surface area contributed by atoms with E-state index < -0.39 is 0 Å². The predicted octanol–water partition coefficient (Wildman–Crippen LogP) is 3.28. The van der Waals surface area contributed by atoms with Gasteiger partial charge in [0.15, 0.2) is 5.96 Å². The minimum absolute atomic E-state index is 0.0381. The molecule has 0 radical (unpaired) electrons. The van der Waals surface area contributed by atoms with Gasteiger partial charge in [-0.1, -0.05) is 25.0 Å². The normalized spacial score (nSPS) is 22.8. The van der Waals surface area contributed by atoms with Gasteiger partial charge in [0.2, 0.25) is 5.91 Å². The number of carbonyl (C=O) groups is 1. The zero-order valence-electron chi connectivity index (χ0n) is 16.1. The van der Waals surface area contributed by atoms with Crippen molar-refractivity contribution in [1.82, 2.24) is 10.2 Å². The van der Waals surface area contributed by atoms with Crippen molar-refractivity contribution in [3.05, 3.63) is 29.8 Å². The summed E-state index contributed by atoms with van der Waals surface area (Å²) in [6.07, 6.45) is 6.49. The smallest absolute Gasteiger partial charge is 0.221 e. The van der Waals surface area contributed by atoms with E-state index >= 15 is 0 Å². The first kappa shape index (κ1) is 18.7. The third-order valence-corrected chi connectivity index (χ3v) is 5.55. The molecule has 3 rings (SSSR count). The maximum atomic E-state index is 11.1. The van der Waals surface area contributed by atoms with Crippen molar-refractivity contribution in [2.75, 3.05) is 31.5 Å². The summed E-state index contributed by atoms with van der Waals surface area (Å²) in [5, 5.41) is 6.28. The van der Waals surface area contributed by atoms with Crippen molar-refractivity contribution in [1.29, 1.82) is 0 Å². The van der Waals surface area contributed by atoms with Gasteiger partial charge >= 0.3 is 0 Å². The summed E-state index contributed by atoms with van der Waals surface area (Å²) in [7, 11) is 0. The van der Waals surface area contributed by atoms with Crippen molar-refractivity contribution in [3.63, 3.8) is 0 Å². The average Bonchev–Trinajstić information content (AvgIpc) is 3.06. The number of anilines is 1. The summed E-state index contributed by atoms with van der Waals surface area (Å²) in [6.45, 7) is 7.70. The molecule has 1 aliphatic heterocycles. The standard InChI is InChI=1S/C21H32N4O/c1-3-22-21(25-14-18-6-4-5-7-19(18)15-25)23-13-12-17-8-10-20(11-9-17)24-16(2)26/h8-11,18-19H,3-7,12-15H2,1-2H3,(H,22,23)(H,24,26). The Morgan fingerprint density at radius 2 is 1.81 bits per heavy atom. The van der Waals surface area contributed by atoms with Crippen LogP contribution in [0, 0.1) is 11.8 Å². The number of amides is 1. The van der Waals surface area contributed by atoms with Gasteiger partial charge < -0.3 is 15.5 Å². The van der Waals surface area contributed by atoms with Crippen LogP contribution in [0.5, 0.6) is 0 Å². The highest BCUT2D eigenvalue weighted by Crippen LogP contribution is 2.35. The van der Waals surface area contributed by atoms with E-state index in [0.29, 0.717) is 0 Å². The Bertz CT molecular complexity index is 611. The first-order valence-electron chi connectivity index (χ1n) is 10.1. The van der Waals surface area contributed by atoms with Gasteiger partial charge in [0, 0.05) is 38.8 Å². The van der Waals surface area contributed by atoms with Crippen LogP contribution < -0.4 is 10.6 Å². The van der Waals surface area contributed by atoms with Gasteiger partial charge in [0.05, 0.1) is 0 Å². The molecule has 1 aromatic rings. The van der Waals surface area contributed by atoms with Crippen LogP contribution in [0.15, 0.2) is 29.3 Å². The van der Waals surface area contributed by atoms with Crippen LogP contribution in [0.1, 0.15) is 45.1 Å². The lowest BCUT2D eigenvalue weighted by Crippen LogP contribution is -2.40. The third-order valence-electron chi connectivity index (χ3n) is 5.55. The first-order chi connectivity index (χ1) is 12.7. The quantitative estimate of drug-likeness (QED) is 0.629. The van der Waals surface area contributed by atoms with Crippen LogP contribution in [0.2, 0.25) is 0 Å². The molecule has 1 saturated carbocycles. The maximum Gasteiger partial charge on any atom is 0.221 e. The van der Waals surface area contributed by atoms with Crippen LogP contribution in [0.25, 0.3) is 0 Å². The average molecular weight is 357 g/mol. The molecule has 1 amide bonds. The lowest BCUT2D eigenvalue weighted by Gasteiger charge is -2.22. The van der Waals surface area contributed by atoms with Gasteiger partial charge in [0.25, 0.3) is 0 Å². The summed E-state index contributed by atoms with van der Waals surface area (Å²) in [6, 6.07) is 8.05. The summed E-state index contributed by atoms with van der Waals surface area (Å²) >= 11 is 0. The summed E-state index contributed by atoms with van der Waals surface area (Å²) in [5.41, 5.74) is 2.09. The molecule has 2 unspecified atom stereocenters. The van der Waals surface area contributed by atoms with E-state index in [1.807, 2.05) is 12.1 Å². The molecule has 2 N–H and O–H groups in total. The van der Waals surface area contributed by atoms with Crippen LogP contribution in [-0.4, -0.2) is 42.9 Å². The maximum absolute atomic E-state index is 11.1. The second kappa shape index (κ2) is 9.06. The zero-order chi connectivity index (χ0) is 18.4. The number of carbonyl (C=O) groups excluding carboxylic acids is 1. The Balaban J connectivity index is 1.55. The van der Waals surface area contributed by atoms with E-state index in [-0.39, 0.29) is 5.91 Å². The Labute approximate surface area is 157 Å². The number of rotatable bonds is 5. The van der Waals surface area contributed by atoms with E-state index in [4.69, 9.17) is 4.99 Å².